The number of hydrogen-bond donors (Lipinski definition) is 1. The van der Waals surface area contributed by atoms with Crippen molar-refractivity contribution < 1.29 is 13.0 Å². The van der Waals surface area contributed by atoms with E-state index in [-0.39, 0.29) is 0 Å². The van der Waals surface area contributed by atoms with Crippen molar-refractivity contribution in [2.45, 2.75) is 29.4 Å². The Morgan fingerprint density at radius 1 is 1.35 bits per heavy atom. The fraction of sp³-hybridized carbons (Fsp3) is 0.455. The van der Waals surface area contributed by atoms with E-state index in [4.69, 9.17) is 0 Å². The van der Waals surface area contributed by atoms with Gasteiger partial charge < -0.3 is 4.90 Å². The molecule has 0 aliphatic carbocycles. The van der Waals surface area contributed by atoms with Crippen LogP contribution in [-0.2, 0) is 10.1 Å². The van der Waals surface area contributed by atoms with Gasteiger partial charge in [-0.15, -0.1) is 0 Å². The van der Waals surface area contributed by atoms with E-state index in [2.05, 4.69) is 0 Å². The lowest BCUT2D eigenvalue weighted by molar-refractivity contribution is 0.452. The van der Waals surface area contributed by atoms with Crippen LogP contribution in [0.5, 0.6) is 0 Å². The smallest absolute Gasteiger partial charge is 0.299 e. The number of thioether (sulfide) groups is 1. The lowest BCUT2D eigenvalue weighted by atomic mass is 10.2. The van der Waals surface area contributed by atoms with Crippen LogP contribution in [0, 0.1) is 0 Å². The molecule has 4 nitrogen and oxygen atoms in total. The Hall–Kier alpha value is -0.720. The Morgan fingerprint density at radius 2 is 2.00 bits per heavy atom. The van der Waals surface area contributed by atoms with Crippen LogP contribution in [0.2, 0.25) is 0 Å². The Balaban J connectivity index is 2.61. The van der Waals surface area contributed by atoms with Crippen LogP contribution in [0.4, 0.5) is 5.69 Å². The number of para-hydroxylation sites is 1. The van der Waals surface area contributed by atoms with E-state index in [0.29, 0.717) is 13.0 Å². The molecule has 1 aliphatic heterocycles. The molecule has 0 aromatic heterocycles. The summed E-state index contributed by atoms with van der Waals surface area (Å²) in [4.78, 5) is 2.65. The molecule has 1 atom stereocenters. The van der Waals surface area contributed by atoms with Gasteiger partial charge in [-0.2, -0.15) is 8.42 Å². The molecule has 0 radical (unpaired) electrons. The first kappa shape index (κ1) is 12.7. The second-order valence-corrected chi connectivity index (χ2v) is 7.06. The molecule has 0 saturated carbocycles. The van der Waals surface area contributed by atoms with Crippen LogP contribution < -0.4 is 4.90 Å². The largest absolute Gasteiger partial charge is 0.341 e. The maximum atomic E-state index is 11.7. The molecule has 1 N–H and O–H groups in total. The van der Waals surface area contributed by atoms with E-state index in [1.165, 1.54) is 11.8 Å². The van der Waals surface area contributed by atoms with Gasteiger partial charge in [0.2, 0.25) is 4.20 Å². The van der Waals surface area contributed by atoms with E-state index < -0.39 is 14.3 Å². The van der Waals surface area contributed by atoms with Crippen LogP contribution in [0.3, 0.4) is 0 Å². The summed E-state index contributed by atoms with van der Waals surface area (Å²) in [5, 5.41) is 0. The first-order valence-electron chi connectivity index (χ1n) is 5.49. The molecular weight excluding hydrogens is 258 g/mol. The third-order valence-corrected chi connectivity index (χ3v) is 6.59. The summed E-state index contributed by atoms with van der Waals surface area (Å²) in [6, 6.07) is 7.51. The van der Waals surface area contributed by atoms with Crippen LogP contribution in [0.25, 0.3) is 0 Å². The van der Waals surface area contributed by atoms with E-state index in [9.17, 15) is 13.0 Å². The zero-order chi connectivity index (χ0) is 12.7. The third-order valence-electron chi connectivity index (χ3n) is 3.00. The molecule has 1 aromatic rings. The minimum Gasteiger partial charge on any atom is -0.341 e. The number of hydrogen-bond acceptors (Lipinski definition) is 4. The number of fused-ring (bicyclic) bond motifs is 1. The van der Waals surface area contributed by atoms with E-state index >= 15 is 0 Å². The monoisotopic (exact) mass is 273 g/mol. The van der Waals surface area contributed by atoms with Gasteiger partial charge in [-0.3, -0.25) is 4.55 Å². The highest BCUT2D eigenvalue weighted by molar-refractivity contribution is 8.13. The van der Waals surface area contributed by atoms with Gasteiger partial charge in [0, 0.05) is 11.4 Å². The molecule has 0 amide bonds. The maximum absolute atomic E-state index is 11.7. The highest BCUT2D eigenvalue weighted by Crippen LogP contribution is 2.53. The normalized spacial score (nSPS) is 23.8. The average molecular weight is 273 g/mol. The summed E-state index contributed by atoms with van der Waals surface area (Å²) in [5.41, 5.74) is 0.875. The SMILES string of the molecule is CCN1c2ccccc2SC1(CC)S(=O)(=O)O. The highest BCUT2D eigenvalue weighted by atomic mass is 32.3. The molecule has 1 heterocycles. The van der Waals surface area contributed by atoms with Gasteiger partial charge in [-0.05, 0) is 25.5 Å². The summed E-state index contributed by atoms with van der Waals surface area (Å²) < 4.78 is 31.7. The molecule has 0 spiro atoms. The standard InChI is InChI=1S/C11H15NO3S2/c1-3-11(17(13,14)15)12(4-2)9-7-5-6-8-10(9)16-11/h5-8H,3-4H2,1-2H3,(H,13,14,15). The van der Waals surface area contributed by atoms with Crippen LogP contribution in [-0.4, -0.2) is 23.7 Å². The lowest BCUT2D eigenvalue weighted by Gasteiger charge is -2.34. The maximum Gasteiger partial charge on any atom is 0.299 e. The molecular formula is C11H15NO3S2. The molecule has 1 aromatic carbocycles. The minimum atomic E-state index is -4.15. The summed E-state index contributed by atoms with van der Waals surface area (Å²) in [7, 11) is -4.15. The Kier molecular flexibility index (Phi) is 3.14. The topological polar surface area (TPSA) is 57.6 Å². The highest BCUT2D eigenvalue weighted by Gasteiger charge is 2.52. The van der Waals surface area contributed by atoms with Gasteiger partial charge in [-0.25, -0.2) is 0 Å². The summed E-state index contributed by atoms with van der Waals surface area (Å²) >= 11 is 1.21. The summed E-state index contributed by atoms with van der Waals surface area (Å²) in [5.74, 6) is 0. The van der Waals surface area contributed by atoms with Crippen LogP contribution >= 0.6 is 11.8 Å². The van der Waals surface area contributed by atoms with Crippen molar-refractivity contribution in [2.24, 2.45) is 0 Å². The molecule has 1 aliphatic rings. The lowest BCUT2D eigenvalue weighted by Crippen LogP contribution is -2.48. The van der Waals surface area contributed by atoms with Crippen molar-refractivity contribution in [3.8, 4) is 0 Å². The van der Waals surface area contributed by atoms with Gasteiger partial charge in [0.25, 0.3) is 10.1 Å². The zero-order valence-corrected chi connectivity index (χ0v) is 11.4. The van der Waals surface area contributed by atoms with Crippen molar-refractivity contribution in [3.63, 3.8) is 0 Å². The second kappa shape index (κ2) is 4.19. The molecule has 94 valence electrons. The number of benzene rings is 1. The van der Waals surface area contributed by atoms with Crippen LogP contribution in [0.15, 0.2) is 29.2 Å². The van der Waals surface area contributed by atoms with Gasteiger partial charge in [0.15, 0.2) is 0 Å². The third kappa shape index (κ3) is 1.75. The van der Waals surface area contributed by atoms with Crippen molar-refractivity contribution in [3.05, 3.63) is 24.3 Å². The van der Waals surface area contributed by atoms with Crippen molar-refractivity contribution in [1.82, 2.24) is 0 Å². The fourth-order valence-corrected chi connectivity index (χ4v) is 5.04. The van der Waals surface area contributed by atoms with Gasteiger partial charge >= 0.3 is 0 Å². The van der Waals surface area contributed by atoms with Gasteiger partial charge in [0.1, 0.15) is 0 Å². The predicted molar refractivity (Wildman–Crippen MR) is 69.9 cm³/mol. The Labute approximate surface area is 106 Å². The average Bonchev–Trinajstić information content (AvgIpc) is 2.62. The number of rotatable bonds is 3. The molecule has 6 heteroatoms. The van der Waals surface area contributed by atoms with E-state index in [1.54, 1.807) is 11.8 Å². The molecule has 0 bridgehead atoms. The van der Waals surface area contributed by atoms with Crippen molar-refractivity contribution in [2.75, 3.05) is 11.4 Å². The van der Waals surface area contributed by atoms with Gasteiger partial charge in [0.05, 0.1) is 5.69 Å². The van der Waals surface area contributed by atoms with Gasteiger partial charge in [-0.1, -0.05) is 30.8 Å². The first-order valence-corrected chi connectivity index (χ1v) is 7.74. The number of anilines is 1. The molecule has 17 heavy (non-hydrogen) atoms. The van der Waals surface area contributed by atoms with Crippen molar-refractivity contribution >= 4 is 27.6 Å². The molecule has 2 rings (SSSR count). The Morgan fingerprint density at radius 3 is 2.53 bits per heavy atom. The fourth-order valence-electron chi connectivity index (χ4n) is 2.23. The summed E-state index contributed by atoms with van der Waals surface area (Å²) in [6.45, 7) is 4.20. The molecule has 0 fully saturated rings. The molecule has 0 saturated heterocycles. The second-order valence-electron chi connectivity index (χ2n) is 3.86. The first-order chi connectivity index (χ1) is 7.96. The Bertz CT molecular complexity index is 529. The van der Waals surface area contributed by atoms with E-state index in [0.717, 1.165) is 10.6 Å². The molecule has 1 unspecified atom stereocenters. The zero-order valence-electron chi connectivity index (χ0n) is 9.75. The van der Waals surface area contributed by atoms with Crippen molar-refractivity contribution in [1.29, 1.82) is 0 Å². The van der Waals surface area contributed by atoms with Crippen LogP contribution in [0.1, 0.15) is 20.3 Å². The quantitative estimate of drug-likeness (QED) is 0.858. The summed E-state index contributed by atoms with van der Waals surface area (Å²) in [6.07, 6.45) is 0.332. The number of nitrogens with zero attached hydrogens (tertiary/aromatic N) is 1. The van der Waals surface area contributed by atoms with E-state index in [1.807, 2.05) is 31.2 Å². The predicted octanol–water partition coefficient (Wildman–Crippen LogP) is 2.57. The minimum absolute atomic E-state index is 0.332.